The number of nitrogens with zero attached hydrogens (tertiary/aromatic N) is 3. The van der Waals surface area contributed by atoms with Crippen LogP contribution < -0.4 is 5.32 Å². The van der Waals surface area contributed by atoms with Gasteiger partial charge in [0.05, 0.1) is 13.1 Å². The van der Waals surface area contributed by atoms with Crippen molar-refractivity contribution in [2.75, 3.05) is 13.1 Å². The van der Waals surface area contributed by atoms with Crippen molar-refractivity contribution in [1.29, 1.82) is 0 Å². The van der Waals surface area contributed by atoms with E-state index in [4.69, 9.17) is 11.6 Å². The average molecular weight is 487 g/mol. The summed E-state index contributed by atoms with van der Waals surface area (Å²) in [7, 11) is 0. The number of nitrogens with one attached hydrogen (secondary N) is 1. The van der Waals surface area contributed by atoms with E-state index in [0.29, 0.717) is 30.2 Å². The summed E-state index contributed by atoms with van der Waals surface area (Å²) in [6.45, 7) is 3.34. The van der Waals surface area contributed by atoms with Crippen molar-refractivity contribution in [2.24, 2.45) is 0 Å². The first-order chi connectivity index (χ1) is 17.0. The highest BCUT2D eigenvalue weighted by Crippen LogP contribution is 2.25. The standard InChI is InChI=1S/C28H27ClN4O2/c1-2-32(20-27(34)30-18-21-10-14-24(29)15-11-21)28(35)26-7-4-3-6-25(26)23-12-8-22(9-13-23)19-33-17-5-16-31-33/h3-17H,2,18-20H2,1H3,(H,30,34). The Morgan fingerprint density at radius 3 is 2.34 bits per heavy atom. The summed E-state index contributed by atoms with van der Waals surface area (Å²) in [6, 6.07) is 24.8. The number of hydrogen-bond donors (Lipinski definition) is 1. The van der Waals surface area contributed by atoms with Crippen LogP contribution in [0, 0.1) is 0 Å². The Bertz CT molecular complexity index is 1270. The van der Waals surface area contributed by atoms with Gasteiger partial charge in [0.1, 0.15) is 0 Å². The van der Waals surface area contributed by atoms with E-state index < -0.39 is 0 Å². The zero-order valence-corrected chi connectivity index (χ0v) is 20.3. The van der Waals surface area contributed by atoms with Crippen molar-refractivity contribution in [2.45, 2.75) is 20.0 Å². The first-order valence-corrected chi connectivity index (χ1v) is 11.9. The van der Waals surface area contributed by atoms with Crippen molar-refractivity contribution >= 4 is 23.4 Å². The summed E-state index contributed by atoms with van der Waals surface area (Å²) in [5.74, 6) is -0.388. The third-order valence-corrected chi connectivity index (χ3v) is 5.98. The van der Waals surface area contributed by atoms with Gasteiger partial charge in [0.2, 0.25) is 5.91 Å². The molecule has 0 atom stereocenters. The first kappa shape index (κ1) is 24.2. The van der Waals surface area contributed by atoms with Crippen molar-refractivity contribution in [3.8, 4) is 11.1 Å². The minimum absolute atomic E-state index is 0.0138. The zero-order valence-electron chi connectivity index (χ0n) is 19.5. The molecule has 3 aromatic carbocycles. The predicted molar refractivity (Wildman–Crippen MR) is 138 cm³/mol. The minimum Gasteiger partial charge on any atom is -0.350 e. The number of halogens is 1. The Labute approximate surface area is 210 Å². The lowest BCUT2D eigenvalue weighted by molar-refractivity contribution is -0.121. The summed E-state index contributed by atoms with van der Waals surface area (Å²) in [5.41, 5.74) is 4.41. The third kappa shape index (κ3) is 6.37. The smallest absolute Gasteiger partial charge is 0.254 e. The van der Waals surface area contributed by atoms with Crippen molar-refractivity contribution in [3.63, 3.8) is 0 Å². The molecule has 0 bridgehead atoms. The molecule has 4 aromatic rings. The van der Waals surface area contributed by atoms with E-state index in [1.165, 1.54) is 0 Å². The number of amides is 2. The molecule has 6 nitrogen and oxygen atoms in total. The van der Waals surface area contributed by atoms with Crippen molar-refractivity contribution in [3.05, 3.63) is 113 Å². The van der Waals surface area contributed by atoms with E-state index in [1.807, 2.05) is 84.5 Å². The lowest BCUT2D eigenvalue weighted by Gasteiger charge is -2.22. The molecule has 0 unspecified atom stereocenters. The second kappa shape index (κ2) is 11.5. The van der Waals surface area contributed by atoms with Crippen LogP contribution in [0.3, 0.4) is 0 Å². The first-order valence-electron chi connectivity index (χ1n) is 11.5. The molecule has 0 saturated heterocycles. The van der Waals surface area contributed by atoms with Gasteiger partial charge < -0.3 is 10.2 Å². The molecule has 1 N–H and O–H groups in total. The molecule has 2 amide bonds. The number of likely N-dealkylation sites (N-methyl/N-ethyl adjacent to an activating group) is 1. The van der Waals surface area contributed by atoms with E-state index in [1.54, 1.807) is 23.2 Å². The van der Waals surface area contributed by atoms with Crippen LogP contribution >= 0.6 is 11.6 Å². The Balaban J connectivity index is 1.44. The quantitative estimate of drug-likeness (QED) is 0.361. The van der Waals surface area contributed by atoms with Gasteiger partial charge in [0.25, 0.3) is 5.91 Å². The van der Waals surface area contributed by atoms with Crippen LogP contribution in [-0.4, -0.2) is 39.6 Å². The minimum atomic E-state index is -0.212. The third-order valence-electron chi connectivity index (χ3n) is 5.73. The molecular formula is C28H27ClN4O2. The lowest BCUT2D eigenvalue weighted by Crippen LogP contribution is -2.40. The van der Waals surface area contributed by atoms with Gasteiger partial charge in [-0.25, -0.2) is 0 Å². The molecule has 178 valence electrons. The van der Waals surface area contributed by atoms with Gasteiger partial charge in [-0.15, -0.1) is 0 Å². The fraction of sp³-hybridized carbons (Fsp3) is 0.179. The van der Waals surface area contributed by atoms with Crippen LogP contribution in [0.25, 0.3) is 11.1 Å². The molecule has 4 rings (SSSR count). The van der Waals surface area contributed by atoms with Crippen LogP contribution in [0.5, 0.6) is 0 Å². The summed E-state index contributed by atoms with van der Waals surface area (Å²) >= 11 is 5.91. The molecule has 35 heavy (non-hydrogen) atoms. The van der Waals surface area contributed by atoms with Gasteiger partial charge in [-0.1, -0.05) is 66.2 Å². The molecule has 0 aliphatic heterocycles. The lowest BCUT2D eigenvalue weighted by atomic mass is 9.97. The summed E-state index contributed by atoms with van der Waals surface area (Å²) in [4.78, 5) is 27.5. The summed E-state index contributed by atoms with van der Waals surface area (Å²) in [6.07, 6.45) is 3.68. The summed E-state index contributed by atoms with van der Waals surface area (Å²) < 4.78 is 1.86. The van der Waals surface area contributed by atoms with Gasteiger partial charge in [-0.05, 0) is 53.4 Å². The van der Waals surface area contributed by atoms with Crippen LogP contribution in [-0.2, 0) is 17.9 Å². The fourth-order valence-electron chi connectivity index (χ4n) is 3.82. The molecule has 0 aliphatic carbocycles. The SMILES string of the molecule is CCN(CC(=O)NCc1ccc(Cl)cc1)C(=O)c1ccccc1-c1ccc(Cn2cccn2)cc1. The Hall–Kier alpha value is -3.90. The molecule has 0 saturated carbocycles. The maximum Gasteiger partial charge on any atom is 0.254 e. The molecule has 0 fully saturated rings. The molecule has 0 radical (unpaired) electrons. The largest absolute Gasteiger partial charge is 0.350 e. The zero-order chi connectivity index (χ0) is 24.6. The number of benzene rings is 3. The number of aromatic nitrogens is 2. The van der Waals surface area contributed by atoms with Gasteiger partial charge in [-0.2, -0.15) is 5.10 Å². The van der Waals surface area contributed by atoms with Gasteiger partial charge in [-0.3, -0.25) is 14.3 Å². The molecule has 1 heterocycles. The van der Waals surface area contributed by atoms with E-state index in [-0.39, 0.29) is 18.4 Å². The second-order valence-electron chi connectivity index (χ2n) is 8.17. The molecule has 7 heteroatoms. The molecule has 0 spiro atoms. The van der Waals surface area contributed by atoms with Crippen LogP contribution in [0.4, 0.5) is 0 Å². The number of carbonyl (C=O) groups excluding carboxylic acids is 2. The monoisotopic (exact) mass is 486 g/mol. The van der Waals surface area contributed by atoms with E-state index in [2.05, 4.69) is 10.4 Å². The average Bonchev–Trinajstić information content (AvgIpc) is 3.40. The number of hydrogen-bond acceptors (Lipinski definition) is 3. The number of rotatable bonds is 9. The normalized spacial score (nSPS) is 10.7. The van der Waals surface area contributed by atoms with Gasteiger partial charge in [0, 0.05) is 36.1 Å². The Kier molecular flexibility index (Phi) is 7.95. The predicted octanol–water partition coefficient (Wildman–Crippen LogP) is 5.03. The van der Waals surface area contributed by atoms with Gasteiger partial charge >= 0.3 is 0 Å². The van der Waals surface area contributed by atoms with E-state index >= 15 is 0 Å². The molecular weight excluding hydrogens is 460 g/mol. The Morgan fingerprint density at radius 1 is 0.943 bits per heavy atom. The second-order valence-corrected chi connectivity index (χ2v) is 8.61. The highest BCUT2D eigenvalue weighted by Gasteiger charge is 2.20. The maximum absolute atomic E-state index is 13.4. The van der Waals surface area contributed by atoms with Gasteiger partial charge in [0.15, 0.2) is 0 Å². The highest BCUT2D eigenvalue weighted by atomic mass is 35.5. The van der Waals surface area contributed by atoms with Crippen molar-refractivity contribution in [1.82, 2.24) is 20.0 Å². The topological polar surface area (TPSA) is 67.2 Å². The van der Waals surface area contributed by atoms with Crippen LogP contribution in [0.1, 0.15) is 28.4 Å². The summed E-state index contributed by atoms with van der Waals surface area (Å²) in [5, 5.41) is 7.77. The molecule has 0 aliphatic rings. The molecule has 1 aromatic heterocycles. The van der Waals surface area contributed by atoms with E-state index in [0.717, 1.165) is 22.3 Å². The highest BCUT2D eigenvalue weighted by molar-refractivity contribution is 6.30. The Morgan fingerprint density at radius 2 is 1.66 bits per heavy atom. The van der Waals surface area contributed by atoms with Crippen LogP contribution in [0.15, 0.2) is 91.3 Å². The number of carbonyl (C=O) groups is 2. The fourth-order valence-corrected chi connectivity index (χ4v) is 3.95. The van der Waals surface area contributed by atoms with Crippen LogP contribution in [0.2, 0.25) is 5.02 Å². The van der Waals surface area contributed by atoms with Crippen molar-refractivity contribution < 1.29 is 9.59 Å². The maximum atomic E-state index is 13.4. The van der Waals surface area contributed by atoms with E-state index in [9.17, 15) is 9.59 Å².